The van der Waals surface area contributed by atoms with Gasteiger partial charge in [0.1, 0.15) is 11.5 Å². The zero-order valence-corrected chi connectivity index (χ0v) is 14.1. The second-order valence-electron chi connectivity index (χ2n) is 5.28. The van der Waals surface area contributed by atoms with E-state index >= 15 is 0 Å². The number of hydrogen-bond acceptors (Lipinski definition) is 6. The largest absolute Gasteiger partial charge is 0.497 e. The zero-order chi connectivity index (χ0) is 17.8. The van der Waals surface area contributed by atoms with Gasteiger partial charge in [-0.25, -0.2) is 0 Å². The Kier molecular flexibility index (Phi) is 4.65. The summed E-state index contributed by atoms with van der Waals surface area (Å²) < 4.78 is 15.5. The molecule has 2 aromatic carbocycles. The third kappa shape index (κ3) is 3.77. The Morgan fingerprint density at radius 3 is 2.20 bits per heavy atom. The van der Waals surface area contributed by atoms with Crippen LogP contribution in [0, 0.1) is 6.92 Å². The lowest BCUT2D eigenvalue weighted by Gasteiger charge is -2.09. The average Bonchev–Trinajstić information content (AvgIpc) is 3.08. The lowest BCUT2D eigenvalue weighted by Crippen LogP contribution is -2.12. The number of methoxy groups -OCH3 is 2. The topological polar surface area (TPSA) is 86.5 Å². The molecule has 0 atom stereocenters. The monoisotopic (exact) mass is 339 g/mol. The van der Waals surface area contributed by atoms with E-state index in [1.54, 1.807) is 49.4 Å². The van der Waals surface area contributed by atoms with Gasteiger partial charge in [-0.2, -0.15) is 4.98 Å². The van der Waals surface area contributed by atoms with Crippen LogP contribution in [-0.2, 0) is 0 Å². The fourth-order valence-corrected chi connectivity index (χ4v) is 2.25. The lowest BCUT2D eigenvalue weighted by atomic mass is 10.1. The van der Waals surface area contributed by atoms with Crippen LogP contribution in [0.1, 0.15) is 16.2 Å². The molecule has 0 aliphatic carbocycles. The first-order chi connectivity index (χ1) is 12.1. The van der Waals surface area contributed by atoms with Crippen LogP contribution in [0.15, 0.2) is 47.0 Å². The van der Waals surface area contributed by atoms with Gasteiger partial charge in [0.25, 0.3) is 11.8 Å². The highest BCUT2D eigenvalue weighted by molar-refractivity contribution is 6.04. The van der Waals surface area contributed by atoms with E-state index in [-0.39, 0.29) is 5.91 Å². The van der Waals surface area contributed by atoms with Gasteiger partial charge in [0.15, 0.2) is 5.82 Å². The van der Waals surface area contributed by atoms with Gasteiger partial charge in [-0.1, -0.05) is 5.16 Å². The number of hydrogen-bond donors (Lipinski definition) is 1. The molecule has 1 aromatic heterocycles. The van der Waals surface area contributed by atoms with Crippen LogP contribution in [0.5, 0.6) is 11.5 Å². The van der Waals surface area contributed by atoms with E-state index < -0.39 is 0 Å². The first-order valence-electron chi connectivity index (χ1n) is 7.54. The number of nitrogens with one attached hydrogen (secondary N) is 1. The van der Waals surface area contributed by atoms with Crippen molar-refractivity contribution in [2.75, 3.05) is 19.5 Å². The number of nitrogens with zero attached hydrogens (tertiary/aromatic N) is 2. The van der Waals surface area contributed by atoms with Crippen molar-refractivity contribution in [3.63, 3.8) is 0 Å². The minimum Gasteiger partial charge on any atom is -0.497 e. The van der Waals surface area contributed by atoms with Gasteiger partial charge in [-0.3, -0.25) is 4.79 Å². The number of benzene rings is 2. The fourth-order valence-electron chi connectivity index (χ4n) is 2.25. The highest BCUT2D eigenvalue weighted by atomic mass is 16.5. The van der Waals surface area contributed by atoms with Crippen LogP contribution in [0.2, 0.25) is 0 Å². The molecule has 0 bridgehead atoms. The quantitative estimate of drug-likeness (QED) is 0.767. The maximum absolute atomic E-state index is 12.4. The van der Waals surface area contributed by atoms with Crippen molar-refractivity contribution >= 4 is 11.6 Å². The van der Waals surface area contributed by atoms with Crippen molar-refractivity contribution in [3.05, 3.63) is 53.9 Å². The van der Waals surface area contributed by atoms with Crippen LogP contribution in [-0.4, -0.2) is 30.3 Å². The lowest BCUT2D eigenvalue weighted by molar-refractivity contribution is 0.102. The summed E-state index contributed by atoms with van der Waals surface area (Å²) in [5.74, 6) is 1.84. The third-order valence-electron chi connectivity index (χ3n) is 3.53. The molecule has 1 N–H and O–H groups in total. The molecular formula is C18H17N3O4. The number of rotatable bonds is 5. The van der Waals surface area contributed by atoms with E-state index in [1.165, 1.54) is 14.2 Å². The van der Waals surface area contributed by atoms with Crippen molar-refractivity contribution in [1.29, 1.82) is 0 Å². The summed E-state index contributed by atoms with van der Waals surface area (Å²) in [6, 6.07) is 12.1. The summed E-state index contributed by atoms with van der Waals surface area (Å²) in [5, 5.41) is 6.58. The summed E-state index contributed by atoms with van der Waals surface area (Å²) in [6.07, 6.45) is 0. The van der Waals surface area contributed by atoms with Gasteiger partial charge in [0.05, 0.1) is 14.2 Å². The van der Waals surface area contributed by atoms with Crippen LogP contribution in [0.25, 0.3) is 11.5 Å². The van der Waals surface area contributed by atoms with Gasteiger partial charge in [0, 0.05) is 22.9 Å². The molecule has 0 radical (unpaired) electrons. The minimum atomic E-state index is -0.265. The predicted octanol–water partition coefficient (Wildman–Crippen LogP) is 3.31. The molecule has 1 amide bonds. The molecule has 1 heterocycles. The van der Waals surface area contributed by atoms with Gasteiger partial charge >= 0.3 is 0 Å². The van der Waals surface area contributed by atoms with Crippen molar-refractivity contribution in [1.82, 2.24) is 10.1 Å². The first-order valence-corrected chi connectivity index (χ1v) is 7.54. The molecule has 128 valence electrons. The Hall–Kier alpha value is -3.35. The van der Waals surface area contributed by atoms with Crippen molar-refractivity contribution in [2.45, 2.75) is 6.92 Å². The number of ether oxygens (including phenoxy) is 2. The SMILES string of the molecule is COc1cc(OC)cc(C(=O)Nc2ccc(-c3nc(C)no3)cc2)c1. The smallest absolute Gasteiger partial charge is 0.257 e. The second-order valence-corrected chi connectivity index (χ2v) is 5.28. The van der Waals surface area contributed by atoms with Crippen LogP contribution >= 0.6 is 0 Å². The normalized spacial score (nSPS) is 10.4. The Bertz CT molecular complexity index is 865. The molecule has 0 saturated carbocycles. The van der Waals surface area contributed by atoms with Gasteiger partial charge in [-0.15, -0.1) is 0 Å². The van der Waals surface area contributed by atoms with E-state index in [4.69, 9.17) is 14.0 Å². The summed E-state index contributed by atoms with van der Waals surface area (Å²) >= 11 is 0. The van der Waals surface area contributed by atoms with E-state index in [2.05, 4.69) is 15.5 Å². The molecule has 0 unspecified atom stereocenters. The number of aromatic nitrogens is 2. The van der Waals surface area contributed by atoms with E-state index in [0.29, 0.717) is 34.5 Å². The Labute approximate surface area is 144 Å². The second kappa shape index (κ2) is 7.04. The number of amides is 1. The Morgan fingerprint density at radius 2 is 1.68 bits per heavy atom. The highest BCUT2D eigenvalue weighted by Crippen LogP contribution is 2.24. The van der Waals surface area contributed by atoms with Crippen molar-refractivity contribution < 1.29 is 18.8 Å². The summed E-state index contributed by atoms with van der Waals surface area (Å²) in [7, 11) is 3.07. The molecule has 25 heavy (non-hydrogen) atoms. The van der Waals surface area contributed by atoms with Gasteiger partial charge < -0.3 is 19.3 Å². The summed E-state index contributed by atoms with van der Waals surface area (Å²) in [4.78, 5) is 16.6. The Morgan fingerprint density at radius 1 is 1.04 bits per heavy atom. The predicted molar refractivity (Wildman–Crippen MR) is 92.0 cm³/mol. The summed E-state index contributed by atoms with van der Waals surface area (Å²) in [5.41, 5.74) is 1.86. The molecule has 0 fully saturated rings. The van der Waals surface area contributed by atoms with E-state index in [1.807, 2.05) is 0 Å². The maximum Gasteiger partial charge on any atom is 0.257 e. The number of carbonyl (C=O) groups excluding carboxylic acids is 1. The standard InChI is InChI=1S/C18H17N3O4/c1-11-19-18(25-21-11)12-4-6-14(7-5-12)20-17(22)13-8-15(23-2)10-16(9-13)24-3/h4-10H,1-3H3,(H,20,22). The molecule has 0 spiro atoms. The van der Waals surface area contributed by atoms with Crippen LogP contribution in [0.4, 0.5) is 5.69 Å². The molecule has 0 aliphatic heterocycles. The van der Waals surface area contributed by atoms with Gasteiger partial charge in [0.2, 0.25) is 0 Å². The van der Waals surface area contributed by atoms with Gasteiger partial charge in [-0.05, 0) is 43.3 Å². The number of anilines is 1. The highest BCUT2D eigenvalue weighted by Gasteiger charge is 2.11. The molecular weight excluding hydrogens is 322 g/mol. The van der Waals surface area contributed by atoms with Crippen molar-refractivity contribution in [2.24, 2.45) is 0 Å². The number of carbonyl (C=O) groups is 1. The van der Waals surface area contributed by atoms with Crippen molar-refractivity contribution in [3.8, 4) is 23.0 Å². The zero-order valence-electron chi connectivity index (χ0n) is 14.1. The molecule has 7 heteroatoms. The van der Waals surface area contributed by atoms with E-state index in [9.17, 15) is 4.79 Å². The van der Waals surface area contributed by atoms with Crippen LogP contribution < -0.4 is 14.8 Å². The van der Waals surface area contributed by atoms with Crippen LogP contribution in [0.3, 0.4) is 0 Å². The molecule has 3 aromatic rings. The molecule has 3 rings (SSSR count). The fraction of sp³-hybridized carbons (Fsp3) is 0.167. The first kappa shape index (κ1) is 16.5. The average molecular weight is 339 g/mol. The number of aryl methyl sites for hydroxylation is 1. The minimum absolute atomic E-state index is 0.265. The molecule has 0 aliphatic rings. The molecule has 0 saturated heterocycles. The molecule has 7 nitrogen and oxygen atoms in total. The summed E-state index contributed by atoms with van der Waals surface area (Å²) in [6.45, 7) is 1.75. The third-order valence-corrected chi connectivity index (χ3v) is 3.53. The van der Waals surface area contributed by atoms with E-state index in [0.717, 1.165) is 5.56 Å². The maximum atomic E-state index is 12.4. The Balaban J connectivity index is 1.77.